The highest BCUT2D eigenvalue weighted by Crippen LogP contribution is 2.28. The molecule has 164 valence electrons. The summed E-state index contributed by atoms with van der Waals surface area (Å²) in [6, 6.07) is -0.115. The second-order valence-corrected chi connectivity index (χ2v) is 10.6. The first kappa shape index (κ1) is 22.1. The van der Waals surface area contributed by atoms with E-state index in [1.54, 1.807) is 4.31 Å². The Morgan fingerprint density at radius 1 is 0.966 bits per heavy atom. The number of carbonyl (C=O) groups is 2. The predicted molar refractivity (Wildman–Crippen MR) is 112 cm³/mol. The van der Waals surface area contributed by atoms with Crippen molar-refractivity contribution in [1.82, 2.24) is 19.4 Å². The van der Waals surface area contributed by atoms with Crippen molar-refractivity contribution in [2.75, 3.05) is 32.7 Å². The first-order valence-corrected chi connectivity index (χ1v) is 12.3. The number of likely N-dealkylation sites (tertiary alicyclic amines) is 2. The third kappa shape index (κ3) is 5.12. The number of urea groups is 1. The standard InChI is InChI=1S/C20H34N4O4S/c1-3-19(25)21-17-7-14-24(16(2)15-17)29(27,28)18-8-12-23(13-9-18)20(26)22-10-5-4-6-11-22/h3,16-18H,1,4-15H2,2H3,(H,21,25). The van der Waals surface area contributed by atoms with Crippen LogP contribution >= 0.6 is 0 Å². The summed E-state index contributed by atoms with van der Waals surface area (Å²) in [6.45, 7) is 8.40. The Balaban J connectivity index is 1.53. The van der Waals surface area contributed by atoms with Gasteiger partial charge in [0.1, 0.15) is 0 Å². The average molecular weight is 427 g/mol. The fourth-order valence-corrected chi connectivity index (χ4v) is 6.88. The molecular weight excluding hydrogens is 392 g/mol. The van der Waals surface area contributed by atoms with Crippen LogP contribution in [0.5, 0.6) is 0 Å². The highest BCUT2D eigenvalue weighted by atomic mass is 32.2. The molecule has 0 radical (unpaired) electrons. The number of nitrogens with zero attached hydrogens (tertiary/aromatic N) is 3. The Kier molecular flexibility index (Phi) is 7.21. The summed E-state index contributed by atoms with van der Waals surface area (Å²) >= 11 is 0. The van der Waals surface area contributed by atoms with E-state index in [9.17, 15) is 18.0 Å². The molecule has 3 aliphatic rings. The molecule has 0 aromatic carbocycles. The molecule has 29 heavy (non-hydrogen) atoms. The molecule has 0 aromatic heterocycles. The minimum Gasteiger partial charge on any atom is -0.350 e. The number of rotatable bonds is 4. The average Bonchev–Trinajstić information content (AvgIpc) is 2.73. The van der Waals surface area contributed by atoms with Gasteiger partial charge in [0.05, 0.1) is 5.25 Å². The fourth-order valence-electron chi connectivity index (χ4n) is 4.74. The molecule has 8 nitrogen and oxygen atoms in total. The molecule has 3 saturated heterocycles. The van der Waals surface area contributed by atoms with Crippen LogP contribution in [0.3, 0.4) is 0 Å². The SMILES string of the molecule is C=CC(=O)NC1CCN(S(=O)(=O)C2CCN(C(=O)N3CCCCC3)CC2)C(C)C1. The van der Waals surface area contributed by atoms with Crippen LogP contribution in [-0.2, 0) is 14.8 Å². The lowest BCUT2D eigenvalue weighted by molar-refractivity contribution is -0.117. The number of piperidine rings is 3. The van der Waals surface area contributed by atoms with E-state index in [-0.39, 0.29) is 24.0 Å². The summed E-state index contributed by atoms with van der Waals surface area (Å²) in [7, 11) is -3.42. The number of carbonyl (C=O) groups excluding carboxylic acids is 2. The highest BCUT2D eigenvalue weighted by Gasteiger charge is 2.40. The Bertz CT molecular complexity index is 712. The molecule has 0 saturated carbocycles. The van der Waals surface area contributed by atoms with E-state index in [0.717, 1.165) is 25.9 Å². The van der Waals surface area contributed by atoms with Gasteiger partial charge in [-0.2, -0.15) is 4.31 Å². The van der Waals surface area contributed by atoms with Crippen LogP contribution in [0, 0.1) is 0 Å². The van der Waals surface area contributed by atoms with Gasteiger partial charge in [0.15, 0.2) is 0 Å². The van der Waals surface area contributed by atoms with Gasteiger partial charge in [-0.25, -0.2) is 13.2 Å². The van der Waals surface area contributed by atoms with Gasteiger partial charge in [-0.3, -0.25) is 4.79 Å². The van der Waals surface area contributed by atoms with Crippen LogP contribution in [0.4, 0.5) is 4.79 Å². The number of amides is 3. The predicted octanol–water partition coefficient (Wildman–Crippen LogP) is 1.54. The monoisotopic (exact) mass is 426 g/mol. The zero-order valence-corrected chi connectivity index (χ0v) is 18.2. The molecule has 2 atom stereocenters. The van der Waals surface area contributed by atoms with Crippen molar-refractivity contribution in [2.45, 2.75) is 69.2 Å². The number of sulfonamides is 1. The van der Waals surface area contributed by atoms with Crippen molar-refractivity contribution in [3.05, 3.63) is 12.7 Å². The van der Waals surface area contributed by atoms with Crippen LogP contribution in [-0.4, -0.2) is 84.5 Å². The van der Waals surface area contributed by atoms with E-state index in [1.165, 1.54) is 12.5 Å². The highest BCUT2D eigenvalue weighted by molar-refractivity contribution is 7.89. The van der Waals surface area contributed by atoms with Gasteiger partial charge >= 0.3 is 6.03 Å². The third-order valence-electron chi connectivity index (χ3n) is 6.43. The molecule has 3 heterocycles. The molecule has 3 aliphatic heterocycles. The normalized spacial score (nSPS) is 27.5. The van der Waals surface area contributed by atoms with Crippen molar-refractivity contribution in [2.24, 2.45) is 0 Å². The van der Waals surface area contributed by atoms with Crippen LogP contribution in [0.15, 0.2) is 12.7 Å². The molecule has 0 bridgehead atoms. The number of hydrogen-bond donors (Lipinski definition) is 1. The van der Waals surface area contributed by atoms with Gasteiger partial charge < -0.3 is 15.1 Å². The third-order valence-corrected chi connectivity index (χ3v) is 8.94. The summed E-state index contributed by atoms with van der Waals surface area (Å²) in [5.74, 6) is -0.218. The van der Waals surface area contributed by atoms with Crippen LogP contribution in [0.2, 0.25) is 0 Å². The van der Waals surface area contributed by atoms with E-state index in [4.69, 9.17) is 0 Å². The van der Waals surface area contributed by atoms with Crippen molar-refractivity contribution in [1.29, 1.82) is 0 Å². The molecule has 9 heteroatoms. The Morgan fingerprint density at radius 2 is 1.59 bits per heavy atom. The topological polar surface area (TPSA) is 90.0 Å². The minimum absolute atomic E-state index is 0.0223. The molecule has 0 aliphatic carbocycles. The Hall–Kier alpha value is -1.61. The van der Waals surface area contributed by atoms with Gasteiger partial charge in [0.2, 0.25) is 15.9 Å². The lowest BCUT2D eigenvalue weighted by atomic mass is 10.0. The summed E-state index contributed by atoms with van der Waals surface area (Å²) < 4.78 is 28.1. The summed E-state index contributed by atoms with van der Waals surface area (Å²) in [5, 5.41) is 2.44. The fraction of sp³-hybridized carbons (Fsp3) is 0.800. The minimum atomic E-state index is -3.42. The van der Waals surface area contributed by atoms with Gasteiger partial charge in [-0.05, 0) is 57.9 Å². The van der Waals surface area contributed by atoms with Gasteiger partial charge in [0.25, 0.3) is 0 Å². The number of nitrogens with one attached hydrogen (secondary N) is 1. The smallest absolute Gasteiger partial charge is 0.319 e. The van der Waals surface area contributed by atoms with Crippen LogP contribution in [0.25, 0.3) is 0 Å². The largest absolute Gasteiger partial charge is 0.350 e. The van der Waals surface area contributed by atoms with Crippen LogP contribution < -0.4 is 5.32 Å². The van der Waals surface area contributed by atoms with Crippen molar-refractivity contribution >= 4 is 22.0 Å². The maximum absolute atomic E-state index is 13.2. The first-order valence-electron chi connectivity index (χ1n) is 10.8. The van der Waals surface area contributed by atoms with Crippen molar-refractivity contribution < 1.29 is 18.0 Å². The maximum Gasteiger partial charge on any atom is 0.319 e. The van der Waals surface area contributed by atoms with Gasteiger partial charge in [0, 0.05) is 44.8 Å². The molecule has 0 spiro atoms. The number of hydrogen-bond acceptors (Lipinski definition) is 4. The molecule has 2 unspecified atom stereocenters. The van der Waals surface area contributed by atoms with Crippen molar-refractivity contribution in [3.8, 4) is 0 Å². The van der Waals surface area contributed by atoms with Crippen LogP contribution in [0.1, 0.15) is 51.9 Å². The maximum atomic E-state index is 13.2. The van der Waals surface area contributed by atoms with E-state index in [2.05, 4.69) is 11.9 Å². The zero-order valence-electron chi connectivity index (χ0n) is 17.4. The molecule has 0 aromatic rings. The van der Waals surface area contributed by atoms with E-state index in [1.807, 2.05) is 16.7 Å². The second-order valence-electron chi connectivity index (χ2n) is 8.46. The van der Waals surface area contributed by atoms with Gasteiger partial charge in [-0.15, -0.1) is 0 Å². The molecule has 3 rings (SSSR count). The Morgan fingerprint density at radius 3 is 2.17 bits per heavy atom. The lowest BCUT2D eigenvalue weighted by Crippen LogP contribution is -2.55. The molecule has 3 amide bonds. The zero-order chi connectivity index (χ0) is 21.0. The van der Waals surface area contributed by atoms with Crippen molar-refractivity contribution in [3.63, 3.8) is 0 Å². The van der Waals surface area contributed by atoms with E-state index < -0.39 is 15.3 Å². The van der Waals surface area contributed by atoms with E-state index >= 15 is 0 Å². The Labute approximate surface area is 174 Å². The van der Waals surface area contributed by atoms with Gasteiger partial charge in [-0.1, -0.05) is 6.58 Å². The molecule has 1 N–H and O–H groups in total. The molecular formula is C20H34N4O4S. The first-order chi connectivity index (χ1) is 13.8. The second kappa shape index (κ2) is 9.47. The molecule has 3 fully saturated rings. The summed E-state index contributed by atoms with van der Waals surface area (Å²) in [4.78, 5) is 27.9. The van der Waals surface area contributed by atoms with E-state index in [0.29, 0.717) is 45.3 Å². The summed E-state index contributed by atoms with van der Waals surface area (Å²) in [5.41, 5.74) is 0. The summed E-state index contributed by atoms with van der Waals surface area (Å²) in [6.07, 6.45) is 6.71. The quantitative estimate of drug-likeness (QED) is 0.691. The lowest BCUT2D eigenvalue weighted by Gasteiger charge is -2.41.